The minimum atomic E-state index is -0.184. The average Bonchev–Trinajstić information content (AvgIpc) is 2.88. The molecule has 118 valence electrons. The first kappa shape index (κ1) is 17.0. The molecule has 0 saturated heterocycles. The molecule has 3 N–H and O–H groups in total. The van der Waals surface area contributed by atoms with Gasteiger partial charge in [-0.2, -0.15) is 0 Å². The molecule has 0 radical (unpaired) electrons. The molecule has 1 aromatic heterocycles. The van der Waals surface area contributed by atoms with Crippen LogP contribution in [-0.4, -0.2) is 22.2 Å². The number of rotatable bonds is 5. The fraction of sp³-hybridized carbons (Fsp3) is 0.375. The average molecular weight is 335 g/mol. The van der Waals surface area contributed by atoms with Crippen LogP contribution < -0.4 is 11.1 Å². The molecule has 1 heterocycles. The fourth-order valence-corrected chi connectivity index (χ4v) is 3.58. The second-order valence-electron chi connectivity index (χ2n) is 5.86. The van der Waals surface area contributed by atoms with E-state index in [2.05, 4.69) is 31.1 Å². The maximum absolute atomic E-state index is 12.1. The Morgan fingerprint density at radius 3 is 2.59 bits per heavy atom. The first-order chi connectivity index (χ1) is 10.4. The van der Waals surface area contributed by atoms with E-state index in [0.717, 1.165) is 10.7 Å². The lowest BCUT2D eigenvalue weighted by Gasteiger charge is -2.17. The topological polar surface area (TPSA) is 68.0 Å². The number of nitrogens with two attached hydrogens (primary N) is 1. The van der Waals surface area contributed by atoms with Gasteiger partial charge in [0.2, 0.25) is 0 Å². The number of thiazole rings is 1. The van der Waals surface area contributed by atoms with Gasteiger partial charge in [0, 0.05) is 27.1 Å². The summed E-state index contributed by atoms with van der Waals surface area (Å²) in [6.45, 7) is 7.07. The van der Waals surface area contributed by atoms with Crippen LogP contribution in [0, 0.1) is 0 Å². The summed E-state index contributed by atoms with van der Waals surface area (Å²) < 4.78 is 0.171. The summed E-state index contributed by atoms with van der Waals surface area (Å²) in [5, 5.41) is 5.53. The Bertz CT molecular complexity index is 630. The highest BCUT2D eigenvalue weighted by Gasteiger charge is 2.13. The van der Waals surface area contributed by atoms with Gasteiger partial charge < -0.3 is 11.1 Å². The van der Waals surface area contributed by atoms with Crippen molar-refractivity contribution in [3.8, 4) is 0 Å². The highest BCUT2D eigenvalue weighted by atomic mass is 32.2. The molecule has 22 heavy (non-hydrogen) atoms. The van der Waals surface area contributed by atoms with E-state index < -0.39 is 0 Å². The van der Waals surface area contributed by atoms with Gasteiger partial charge in [0.25, 0.3) is 5.91 Å². The smallest absolute Gasteiger partial charge is 0.275 e. The molecule has 0 unspecified atom stereocenters. The lowest BCUT2D eigenvalue weighted by atomic mass is 10.3. The van der Waals surface area contributed by atoms with Crippen LogP contribution >= 0.6 is 23.1 Å². The van der Waals surface area contributed by atoms with Crippen LogP contribution in [0.3, 0.4) is 0 Å². The van der Waals surface area contributed by atoms with E-state index in [-0.39, 0.29) is 10.7 Å². The predicted octanol–water partition coefficient (Wildman–Crippen LogP) is 3.79. The summed E-state index contributed by atoms with van der Waals surface area (Å²) in [5.41, 5.74) is 6.71. The van der Waals surface area contributed by atoms with Crippen molar-refractivity contribution in [2.24, 2.45) is 5.73 Å². The maximum atomic E-state index is 12.1. The summed E-state index contributed by atoms with van der Waals surface area (Å²) in [5.74, 6) is -0.184. The van der Waals surface area contributed by atoms with Crippen LogP contribution in [0.2, 0.25) is 0 Å². The van der Waals surface area contributed by atoms with Gasteiger partial charge in [-0.3, -0.25) is 4.79 Å². The third kappa shape index (κ3) is 5.12. The Hall–Kier alpha value is -1.37. The summed E-state index contributed by atoms with van der Waals surface area (Å²) >= 11 is 3.26. The largest absolute Gasteiger partial charge is 0.330 e. The number of anilines is 1. The van der Waals surface area contributed by atoms with Crippen LogP contribution in [0.1, 0.15) is 36.3 Å². The van der Waals surface area contributed by atoms with E-state index in [9.17, 15) is 4.79 Å². The molecule has 0 atom stereocenters. The fourth-order valence-electron chi connectivity index (χ4n) is 1.81. The second-order valence-corrected chi connectivity index (χ2v) is 8.70. The van der Waals surface area contributed by atoms with Gasteiger partial charge in [-0.25, -0.2) is 4.98 Å². The Balaban J connectivity index is 1.99. The second kappa shape index (κ2) is 7.26. The Kier molecular flexibility index (Phi) is 5.61. The van der Waals surface area contributed by atoms with Gasteiger partial charge in [0.1, 0.15) is 5.69 Å². The molecular weight excluding hydrogens is 314 g/mol. The summed E-state index contributed by atoms with van der Waals surface area (Å²) in [6, 6.07) is 7.87. The molecule has 0 aliphatic rings. The van der Waals surface area contributed by atoms with Crippen molar-refractivity contribution in [3.63, 3.8) is 0 Å². The number of hydrogen-bond donors (Lipinski definition) is 2. The highest BCUT2D eigenvalue weighted by Crippen LogP contribution is 2.32. The molecule has 1 amide bonds. The third-order valence-electron chi connectivity index (χ3n) is 2.68. The minimum Gasteiger partial charge on any atom is -0.330 e. The van der Waals surface area contributed by atoms with Crippen LogP contribution in [-0.2, 0) is 6.42 Å². The van der Waals surface area contributed by atoms with Gasteiger partial charge >= 0.3 is 0 Å². The molecule has 0 aliphatic carbocycles. The molecule has 2 rings (SSSR count). The summed E-state index contributed by atoms with van der Waals surface area (Å²) in [7, 11) is 0. The number of carbonyl (C=O) groups excluding carboxylic acids is 1. The summed E-state index contributed by atoms with van der Waals surface area (Å²) in [6.07, 6.45) is 0.705. The molecule has 0 aliphatic heterocycles. The SMILES string of the molecule is CC(C)(C)Sc1ccc(NC(=O)c2csc(CCN)n2)cc1. The molecule has 2 aromatic rings. The molecule has 0 bridgehead atoms. The van der Waals surface area contributed by atoms with Gasteiger partial charge in [-0.1, -0.05) is 20.8 Å². The zero-order chi connectivity index (χ0) is 16.2. The van der Waals surface area contributed by atoms with Crippen molar-refractivity contribution in [1.82, 2.24) is 4.98 Å². The van der Waals surface area contributed by atoms with E-state index in [1.54, 1.807) is 17.1 Å². The number of carbonyl (C=O) groups is 1. The lowest BCUT2D eigenvalue weighted by molar-refractivity contribution is 0.102. The van der Waals surface area contributed by atoms with Crippen molar-refractivity contribution in [1.29, 1.82) is 0 Å². The van der Waals surface area contributed by atoms with Crippen molar-refractivity contribution < 1.29 is 4.79 Å². The van der Waals surface area contributed by atoms with Crippen molar-refractivity contribution in [2.45, 2.75) is 36.8 Å². The number of nitrogens with zero attached hydrogens (tertiary/aromatic N) is 1. The molecule has 0 spiro atoms. The number of aromatic nitrogens is 1. The number of nitrogens with one attached hydrogen (secondary N) is 1. The number of benzene rings is 1. The number of thioether (sulfide) groups is 1. The molecule has 0 saturated carbocycles. The van der Waals surface area contributed by atoms with Gasteiger partial charge in [0.15, 0.2) is 0 Å². The van der Waals surface area contributed by atoms with Crippen LogP contribution in [0.25, 0.3) is 0 Å². The van der Waals surface area contributed by atoms with E-state index in [1.165, 1.54) is 16.2 Å². The Morgan fingerprint density at radius 1 is 1.32 bits per heavy atom. The number of amides is 1. The standard InChI is InChI=1S/C16H21N3OS2/c1-16(2,3)22-12-6-4-11(5-7-12)18-15(20)13-10-21-14(19-13)8-9-17/h4-7,10H,8-9,17H2,1-3H3,(H,18,20). The zero-order valence-electron chi connectivity index (χ0n) is 13.1. The third-order valence-corrected chi connectivity index (χ3v) is 4.71. The van der Waals surface area contributed by atoms with Crippen molar-refractivity contribution in [3.05, 3.63) is 40.3 Å². The quantitative estimate of drug-likeness (QED) is 0.816. The normalized spacial score (nSPS) is 11.5. The Labute approximate surface area is 139 Å². The zero-order valence-corrected chi connectivity index (χ0v) is 14.7. The van der Waals surface area contributed by atoms with Crippen molar-refractivity contribution >= 4 is 34.7 Å². The Morgan fingerprint density at radius 2 is 2.00 bits per heavy atom. The highest BCUT2D eigenvalue weighted by molar-refractivity contribution is 8.00. The van der Waals surface area contributed by atoms with E-state index in [4.69, 9.17) is 5.73 Å². The molecule has 1 aromatic carbocycles. The first-order valence-electron chi connectivity index (χ1n) is 7.12. The van der Waals surface area contributed by atoms with Gasteiger partial charge in [0.05, 0.1) is 5.01 Å². The number of hydrogen-bond acceptors (Lipinski definition) is 5. The summed E-state index contributed by atoms with van der Waals surface area (Å²) in [4.78, 5) is 17.6. The first-order valence-corrected chi connectivity index (χ1v) is 8.82. The van der Waals surface area contributed by atoms with E-state index >= 15 is 0 Å². The maximum Gasteiger partial charge on any atom is 0.275 e. The predicted molar refractivity (Wildman–Crippen MR) is 94.9 cm³/mol. The van der Waals surface area contributed by atoms with E-state index in [0.29, 0.717) is 18.7 Å². The lowest BCUT2D eigenvalue weighted by Crippen LogP contribution is -2.12. The van der Waals surface area contributed by atoms with Crippen molar-refractivity contribution in [2.75, 3.05) is 11.9 Å². The molecule has 6 heteroatoms. The van der Waals surface area contributed by atoms with E-state index in [1.807, 2.05) is 24.3 Å². The van der Waals surface area contributed by atoms with Crippen LogP contribution in [0.5, 0.6) is 0 Å². The van der Waals surface area contributed by atoms with Crippen LogP contribution in [0.4, 0.5) is 5.69 Å². The molecule has 0 fully saturated rings. The van der Waals surface area contributed by atoms with Gasteiger partial charge in [-0.05, 0) is 30.8 Å². The molecular formula is C16H21N3OS2. The minimum absolute atomic E-state index is 0.171. The van der Waals surface area contributed by atoms with Crippen LogP contribution in [0.15, 0.2) is 34.5 Å². The van der Waals surface area contributed by atoms with Gasteiger partial charge in [-0.15, -0.1) is 23.1 Å². The molecule has 4 nitrogen and oxygen atoms in total. The monoisotopic (exact) mass is 335 g/mol.